The highest BCUT2D eigenvalue weighted by Crippen LogP contribution is 2.36. The molecule has 3 unspecified atom stereocenters. The van der Waals surface area contributed by atoms with E-state index in [2.05, 4.69) is 26.9 Å². The van der Waals surface area contributed by atoms with Gasteiger partial charge in [0.15, 0.2) is 0 Å². The molecule has 2 aliphatic rings. The Hall–Kier alpha value is -0.130. The molecule has 1 saturated carbocycles. The standard InChI is InChI=1S/C16H22BrClN2O/c17-11-5-6-12(13(18)9-11)15(10-19)20-7-8-21-16-4-2-1-3-14(16)20/h5-6,9,14-16H,1-4,7-8,10,19H2. The van der Waals surface area contributed by atoms with Crippen LogP contribution in [0.25, 0.3) is 0 Å². The van der Waals surface area contributed by atoms with E-state index in [-0.39, 0.29) is 6.04 Å². The van der Waals surface area contributed by atoms with Crippen LogP contribution in [-0.2, 0) is 4.74 Å². The molecule has 0 bridgehead atoms. The zero-order valence-corrected chi connectivity index (χ0v) is 14.4. The van der Waals surface area contributed by atoms with E-state index in [1.54, 1.807) is 0 Å². The fourth-order valence-electron chi connectivity index (χ4n) is 3.73. The minimum atomic E-state index is 0.181. The van der Waals surface area contributed by atoms with E-state index in [1.165, 1.54) is 25.7 Å². The van der Waals surface area contributed by atoms with Gasteiger partial charge in [0.25, 0.3) is 0 Å². The van der Waals surface area contributed by atoms with Crippen LogP contribution < -0.4 is 5.73 Å². The van der Waals surface area contributed by atoms with Crippen LogP contribution in [0, 0.1) is 0 Å². The number of halogens is 2. The number of benzene rings is 1. The van der Waals surface area contributed by atoms with E-state index in [0.717, 1.165) is 28.2 Å². The molecule has 1 aromatic carbocycles. The van der Waals surface area contributed by atoms with Gasteiger partial charge in [-0.25, -0.2) is 0 Å². The van der Waals surface area contributed by atoms with Crippen LogP contribution in [0.15, 0.2) is 22.7 Å². The molecule has 5 heteroatoms. The van der Waals surface area contributed by atoms with Gasteiger partial charge >= 0.3 is 0 Å². The third kappa shape index (κ3) is 3.30. The summed E-state index contributed by atoms with van der Waals surface area (Å²) in [6.45, 7) is 2.33. The van der Waals surface area contributed by atoms with Crippen LogP contribution in [0.4, 0.5) is 0 Å². The first-order valence-electron chi connectivity index (χ1n) is 7.73. The quantitative estimate of drug-likeness (QED) is 0.877. The van der Waals surface area contributed by atoms with Gasteiger partial charge in [-0.3, -0.25) is 4.90 Å². The van der Waals surface area contributed by atoms with Crippen molar-refractivity contribution in [1.82, 2.24) is 4.90 Å². The van der Waals surface area contributed by atoms with Crippen molar-refractivity contribution < 1.29 is 4.74 Å². The van der Waals surface area contributed by atoms with Crippen LogP contribution in [0.5, 0.6) is 0 Å². The second-order valence-corrected chi connectivity index (χ2v) is 7.24. The molecule has 1 saturated heterocycles. The molecule has 1 aliphatic carbocycles. The van der Waals surface area contributed by atoms with E-state index in [1.807, 2.05) is 12.1 Å². The summed E-state index contributed by atoms with van der Waals surface area (Å²) in [6.07, 6.45) is 5.31. The molecule has 21 heavy (non-hydrogen) atoms. The van der Waals surface area contributed by atoms with Crippen molar-refractivity contribution in [3.63, 3.8) is 0 Å². The summed E-state index contributed by atoms with van der Waals surface area (Å²) >= 11 is 9.92. The lowest BCUT2D eigenvalue weighted by Gasteiger charge is -2.47. The van der Waals surface area contributed by atoms with Gasteiger partial charge in [-0.2, -0.15) is 0 Å². The first-order chi connectivity index (χ1) is 10.2. The maximum Gasteiger partial charge on any atom is 0.0731 e. The summed E-state index contributed by atoms with van der Waals surface area (Å²) < 4.78 is 6.97. The van der Waals surface area contributed by atoms with Gasteiger partial charge in [0, 0.05) is 34.7 Å². The third-order valence-electron chi connectivity index (χ3n) is 4.72. The van der Waals surface area contributed by atoms with Gasteiger partial charge in [-0.05, 0) is 30.5 Å². The van der Waals surface area contributed by atoms with Crippen LogP contribution in [0.2, 0.25) is 5.02 Å². The monoisotopic (exact) mass is 372 g/mol. The molecule has 3 atom stereocenters. The summed E-state index contributed by atoms with van der Waals surface area (Å²) in [5.74, 6) is 0. The average molecular weight is 374 g/mol. The lowest BCUT2D eigenvalue weighted by atomic mass is 9.88. The van der Waals surface area contributed by atoms with E-state index in [9.17, 15) is 0 Å². The molecule has 0 spiro atoms. The van der Waals surface area contributed by atoms with E-state index in [4.69, 9.17) is 22.1 Å². The topological polar surface area (TPSA) is 38.5 Å². The van der Waals surface area contributed by atoms with Gasteiger partial charge in [0.05, 0.1) is 12.7 Å². The molecule has 0 amide bonds. The molecule has 1 aromatic rings. The highest BCUT2D eigenvalue weighted by molar-refractivity contribution is 9.10. The number of ether oxygens (including phenoxy) is 1. The van der Waals surface area contributed by atoms with Crippen molar-refractivity contribution in [2.45, 2.75) is 43.9 Å². The van der Waals surface area contributed by atoms with Crippen LogP contribution in [-0.4, -0.2) is 36.7 Å². The Morgan fingerprint density at radius 3 is 2.95 bits per heavy atom. The van der Waals surface area contributed by atoms with Gasteiger partial charge in [0.2, 0.25) is 0 Å². The molecule has 0 aromatic heterocycles. The van der Waals surface area contributed by atoms with Gasteiger partial charge in [-0.1, -0.05) is 46.4 Å². The Labute approximate surface area is 139 Å². The number of hydrogen-bond acceptors (Lipinski definition) is 3. The van der Waals surface area contributed by atoms with Crippen molar-refractivity contribution in [3.8, 4) is 0 Å². The summed E-state index contributed by atoms with van der Waals surface area (Å²) in [4.78, 5) is 2.53. The molecule has 3 rings (SSSR count). The van der Waals surface area contributed by atoms with Gasteiger partial charge in [-0.15, -0.1) is 0 Å². The predicted molar refractivity (Wildman–Crippen MR) is 89.6 cm³/mol. The number of fused-ring (bicyclic) bond motifs is 1. The largest absolute Gasteiger partial charge is 0.375 e. The number of rotatable bonds is 3. The summed E-state index contributed by atoms with van der Waals surface area (Å²) in [6, 6.07) is 6.76. The highest BCUT2D eigenvalue weighted by atomic mass is 79.9. The lowest BCUT2D eigenvalue weighted by Crippen LogP contribution is -2.54. The molecule has 2 N–H and O–H groups in total. The van der Waals surface area contributed by atoms with Crippen LogP contribution in [0.1, 0.15) is 37.3 Å². The maximum absolute atomic E-state index is 6.45. The fraction of sp³-hybridized carbons (Fsp3) is 0.625. The zero-order valence-electron chi connectivity index (χ0n) is 12.1. The lowest BCUT2D eigenvalue weighted by molar-refractivity contribution is -0.102. The Bertz CT molecular complexity index is 497. The molecule has 2 fully saturated rings. The van der Waals surface area contributed by atoms with Crippen LogP contribution >= 0.6 is 27.5 Å². The van der Waals surface area contributed by atoms with Crippen molar-refractivity contribution in [2.75, 3.05) is 19.7 Å². The SMILES string of the molecule is NCC(c1ccc(Br)cc1Cl)N1CCOC2CCCCC21. The Morgan fingerprint density at radius 2 is 2.19 bits per heavy atom. The number of nitrogens with two attached hydrogens (primary N) is 1. The van der Waals surface area contributed by atoms with Gasteiger partial charge < -0.3 is 10.5 Å². The molecule has 0 radical (unpaired) electrons. The number of hydrogen-bond donors (Lipinski definition) is 1. The normalized spacial score (nSPS) is 28.1. The smallest absolute Gasteiger partial charge is 0.0731 e. The first kappa shape index (κ1) is 15.8. The highest BCUT2D eigenvalue weighted by Gasteiger charge is 2.38. The summed E-state index contributed by atoms with van der Waals surface area (Å²) in [5.41, 5.74) is 7.24. The van der Waals surface area contributed by atoms with Crippen molar-refractivity contribution in [2.24, 2.45) is 5.73 Å². The molecular weight excluding hydrogens is 352 g/mol. The van der Waals surface area contributed by atoms with E-state index < -0.39 is 0 Å². The second kappa shape index (κ2) is 6.97. The second-order valence-electron chi connectivity index (χ2n) is 5.92. The van der Waals surface area contributed by atoms with Crippen LogP contribution in [0.3, 0.4) is 0 Å². The Morgan fingerprint density at radius 1 is 1.38 bits per heavy atom. The van der Waals surface area contributed by atoms with Crippen molar-refractivity contribution >= 4 is 27.5 Å². The molecule has 3 nitrogen and oxygen atoms in total. The van der Waals surface area contributed by atoms with E-state index in [0.29, 0.717) is 18.7 Å². The van der Waals surface area contributed by atoms with Crippen molar-refractivity contribution in [1.29, 1.82) is 0 Å². The Balaban J connectivity index is 1.87. The van der Waals surface area contributed by atoms with E-state index >= 15 is 0 Å². The third-order valence-corrected chi connectivity index (χ3v) is 5.54. The zero-order chi connectivity index (χ0) is 14.8. The summed E-state index contributed by atoms with van der Waals surface area (Å²) in [5, 5.41) is 0.790. The minimum Gasteiger partial charge on any atom is -0.375 e. The number of morpholine rings is 1. The molecular formula is C16H22BrClN2O. The number of nitrogens with zero attached hydrogens (tertiary/aromatic N) is 1. The fourth-order valence-corrected chi connectivity index (χ4v) is 4.53. The predicted octanol–water partition coefficient (Wildman–Crippen LogP) is 3.75. The molecule has 1 aliphatic heterocycles. The van der Waals surface area contributed by atoms with Crippen molar-refractivity contribution in [3.05, 3.63) is 33.3 Å². The first-order valence-corrected chi connectivity index (χ1v) is 8.90. The average Bonchev–Trinajstić information content (AvgIpc) is 2.50. The van der Waals surface area contributed by atoms with Gasteiger partial charge in [0.1, 0.15) is 0 Å². The maximum atomic E-state index is 6.45. The molecule has 116 valence electrons. The summed E-state index contributed by atoms with van der Waals surface area (Å²) in [7, 11) is 0. The molecule has 1 heterocycles. The minimum absolute atomic E-state index is 0.181. The Kier molecular flexibility index (Phi) is 5.23.